The Hall–Kier alpha value is -2.55. The quantitative estimate of drug-likeness (QED) is 0.268. The molecule has 0 spiro atoms. The number of aryl methyl sites for hydroxylation is 1. The fourth-order valence-electron chi connectivity index (χ4n) is 5.60. The van der Waals surface area contributed by atoms with Crippen LogP contribution in [0.4, 0.5) is 13.2 Å². The third-order valence-electron chi connectivity index (χ3n) is 7.71. The van der Waals surface area contributed by atoms with Gasteiger partial charge in [-0.2, -0.15) is 0 Å². The van der Waals surface area contributed by atoms with Crippen LogP contribution in [0.15, 0.2) is 54.6 Å². The number of hydrogen-bond acceptors (Lipinski definition) is 0. The molecule has 0 aliphatic heterocycles. The van der Waals surface area contributed by atoms with E-state index in [0.717, 1.165) is 41.9 Å². The van der Waals surface area contributed by atoms with Crippen molar-refractivity contribution in [3.8, 4) is 22.3 Å². The molecule has 35 heavy (non-hydrogen) atoms. The molecular formula is C32H37F3. The van der Waals surface area contributed by atoms with E-state index in [1.54, 1.807) is 30.3 Å². The minimum atomic E-state index is -0.806. The van der Waals surface area contributed by atoms with E-state index in [1.165, 1.54) is 38.5 Å². The maximum absolute atomic E-state index is 15.1. The van der Waals surface area contributed by atoms with Crippen LogP contribution in [0.2, 0.25) is 0 Å². The second-order valence-corrected chi connectivity index (χ2v) is 10.2. The molecule has 186 valence electrons. The van der Waals surface area contributed by atoms with Gasteiger partial charge in [-0.25, -0.2) is 13.2 Å². The average Bonchev–Trinajstić information content (AvgIpc) is 2.88. The van der Waals surface area contributed by atoms with Gasteiger partial charge in [0.25, 0.3) is 0 Å². The lowest BCUT2D eigenvalue weighted by Crippen LogP contribution is -2.14. The molecule has 0 unspecified atom stereocenters. The van der Waals surface area contributed by atoms with Crippen LogP contribution in [-0.4, -0.2) is 0 Å². The molecule has 1 fully saturated rings. The largest absolute Gasteiger partial charge is 0.207 e. The maximum atomic E-state index is 15.1. The Labute approximate surface area is 208 Å². The molecule has 3 aromatic carbocycles. The molecule has 0 nitrogen and oxygen atoms in total. The molecule has 4 rings (SSSR count). The fourth-order valence-corrected chi connectivity index (χ4v) is 5.60. The summed E-state index contributed by atoms with van der Waals surface area (Å²) in [6.45, 7) is 4.18. The van der Waals surface area contributed by atoms with Gasteiger partial charge in [-0.15, -0.1) is 0 Å². The van der Waals surface area contributed by atoms with E-state index in [1.807, 2.05) is 31.2 Å². The first-order valence-electron chi connectivity index (χ1n) is 13.4. The minimum absolute atomic E-state index is 0.138. The van der Waals surface area contributed by atoms with Gasteiger partial charge in [-0.3, -0.25) is 0 Å². The Morgan fingerprint density at radius 2 is 1.37 bits per heavy atom. The Balaban J connectivity index is 1.44. The number of rotatable bonds is 9. The van der Waals surface area contributed by atoms with Crippen molar-refractivity contribution >= 4 is 0 Å². The topological polar surface area (TPSA) is 0 Å². The van der Waals surface area contributed by atoms with Crippen molar-refractivity contribution < 1.29 is 13.2 Å². The number of halogens is 3. The first-order chi connectivity index (χ1) is 17.0. The molecule has 0 saturated heterocycles. The van der Waals surface area contributed by atoms with Crippen LogP contribution >= 0.6 is 0 Å². The summed E-state index contributed by atoms with van der Waals surface area (Å²) >= 11 is 0. The molecule has 0 bridgehead atoms. The Kier molecular flexibility index (Phi) is 8.70. The number of benzene rings is 3. The Morgan fingerprint density at radius 1 is 0.686 bits per heavy atom. The van der Waals surface area contributed by atoms with E-state index in [-0.39, 0.29) is 11.4 Å². The zero-order valence-corrected chi connectivity index (χ0v) is 21.1. The summed E-state index contributed by atoms with van der Waals surface area (Å²) < 4.78 is 44.2. The molecule has 3 heteroatoms. The first kappa shape index (κ1) is 25.5. The van der Waals surface area contributed by atoms with Crippen molar-refractivity contribution in [1.82, 2.24) is 0 Å². The molecule has 0 N–H and O–H groups in total. The molecule has 0 atom stereocenters. The van der Waals surface area contributed by atoms with Crippen molar-refractivity contribution in [3.05, 3.63) is 83.2 Å². The van der Waals surface area contributed by atoms with Gasteiger partial charge in [0.15, 0.2) is 11.6 Å². The van der Waals surface area contributed by atoms with Crippen LogP contribution in [0, 0.1) is 23.4 Å². The predicted molar refractivity (Wildman–Crippen MR) is 140 cm³/mol. The standard InChI is InChI=1S/C32H37F3/c1-3-5-6-8-22-9-11-24(12-10-22)28-19-18-27(21-30(28)33)23-13-15-25(16-14-23)29-20-17-26(7-4-2)31(34)32(29)35/h13-22,24H,3-12H2,1-2H3. The minimum Gasteiger partial charge on any atom is -0.207 e. The zero-order chi connectivity index (χ0) is 24.8. The van der Waals surface area contributed by atoms with Crippen LogP contribution in [0.25, 0.3) is 22.3 Å². The van der Waals surface area contributed by atoms with Gasteiger partial charge in [0.05, 0.1) is 0 Å². The van der Waals surface area contributed by atoms with Crippen LogP contribution in [0.1, 0.15) is 88.7 Å². The molecule has 1 saturated carbocycles. The normalized spacial score (nSPS) is 18.1. The highest BCUT2D eigenvalue weighted by Gasteiger charge is 2.24. The van der Waals surface area contributed by atoms with Gasteiger partial charge < -0.3 is 0 Å². The Bertz CT molecular complexity index is 1110. The highest BCUT2D eigenvalue weighted by atomic mass is 19.2. The van der Waals surface area contributed by atoms with Gasteiger partial charge in [0.1, 0.15) is 5.82 Å². The molecule has 0 amide bonds. The monoisotopic (exact) mass is 478 g/mol. The Morgan fingerprint density at radius 3 is 2.03 bits per heavy atom. The van der Waals surface area contributed by atoms with E-state index < -0.39 is 11.6 Å². The molecule has 1 aliphatic rings. The van der Waals surface area contributed by atoms with Gasteiger partial charge in [0.2, 0.25) is 0 Å². The molecule has 3 aromatic rings. The zero-order valence-electron chi connectivity index (χ0n) is 21.1. The van der Waals surface area contributed by atoms with E-state index in [0.29, 0.717) is 23.5 Å². The van der Waals surface area contributed by atoms with Gasteiger partial charge >= 0.3 is 0 Å². The summed E-state index contributed by atoms with van der Waals surface area (Å²) in [5, 5.41) is 0. The molecule has 0 radical (unpaired) electrons. The highest BCUT2D eigenvalue weighted by Crippen LogP contribution is 2.39. The second kappa shape index (κ2) is 11.9. The van der Waals surface area contributed by atoms with Crippen molar-refractivity contribution in [2.24, 2.45) is 5.92 Å². The van der Waals surface area contributed by atoms with E-state index >= 15 is 4.39 Å². The van der Waals surface area contributed by atoms with Gasteiger partial charge in [-0.1, -0.05) is 94.5 Å². The van der Waals surface area contributed by atoms with Crippen LogP contribution in [0.5, 0.6) is 0 Å². The SMILES string of the molecule is CCCCCC1CCC(c2ccc(-c3ccc(-c4ccc(CCC)c(F)c4F)cc3)cc2F)CC1. The molecule has 1 aliphatic carbocycles. The maximum Gasteiger partial charge on any atom is 0.166 e. The highest BCUT2D eigenvalue weighted by molar-refractivity contribution is 5.71. The van der Waals surface area contributed by atoms with Crippen LogP contribution in [-0.2, 0) is 6.42 Å². The van der Waals surface area contributed by atoms with E-state index in [2.05, 4.69) is 6.92 Å². The summed E-state index contributed by atoms with van der Waals surface area (Å²) in [5.74, 6) is -0.594. The molecule has 0 heterocycles. The van der Waals surface area contributed by atoms with Crippen molar-refractivity contribution in [2.75, 3.05) is 0 Å². The van der Waals surface area contributed by atoms with Gasteiger partial charge in [0, 0.05) is 5.56 Å². The number of unbranched alkanes of at least 4 members (excludes halogenated alkanes) is 2. The lowest BCUT2D eigenvalue weighted by atomic mass is 9.76. The first-order valence-corrected chi connectivity index (χ1v) is 13.4. The van der Waals surface area contributed by atoms with E-state index in [9.17, 15) is 8.78 Å². The fraction of sp³-hybridized carbons (Fsp3) is 0.438. The lowest BCUT2D eigenvalue weighted by Gasteiger charge is -2.29. The summed E-state index contributed by atoms with van der Waals surface area (Å²) in [7, 11) is 0. The van der Waals surface area contributed by atoms with Crippen molar-refractivity contribution in [3.63, 3.8) is 0 Å². The van der Waals surface area contributed by atoms with Crippen LogP contribution < -0.4 is 0 Å². The third-order valence-corrected chi connectivity index (χ3v) is 7.71. The summed E-state index contributed by atoms with van der Waals surface area (Å²) in [4.78, 5) is 0. The molecular weight excluding hydrogens is 441 g/mol. The predicted octanol–water partition coefficient (Wildman–Crippen LogP) is 10.2. The summed E-state index contributed by atoms with van der Waals surface area (Å²) in [6.07, 6.45) is 11.0. The smallest absolute Gasteiger partial charge is 0.166 e. The number of hydrogen-bond donors (Lipinski definition) is 0. The second-order valence-electron chi connectivity index (χ2n) is 10.2. The van der Waals surface area contributed by atoms with Crippen molar-refractivity contribution in [2.45, 2.75) is 84.0 Å². The summed E-state index contributed by atoms with van der Waals surface area (Å²) in [6, 6.07) is 16.1. The molecule has 0 aromatic heterocycles. The van der Waals surface area contributed by atoms with Crippen LogP contribution in [0.3, 0.4) is 0 Å². The lowest BCUT2D eigenvalue weighted by molar-refractivity contribution is 0.299. The van der Waals surface area contributed by atoms with E-state index in [4.69, 9.17) is 0 Å². The third kappa shape index (κ3) is 6.00. The van der Waals surface area contributed by atoms with Crippen molar-refractivity contribution in [1.29, 1.82) is 0 Å². The van der Waals surface area contributed by atoms with Gasteiger partial charge in [-0.05, 0) is 77.8 Å². The average molecular weight is 479 g/mol. The summed E-state index contributed by atoms with van der Waals surface area (Å²) in [5.41, 5.74) is 3.77.